The van der Waals surface area contributed by atoms with Gasteiger partial charge in [0.25, 0.3) is 5.91 Å². The molecule has 31 heavy (non-hydrogen) atoms. The molecule has 0 atom stereocenters. The lowest BCUT2D eigenvalue weighted by atomic mass is 10.1. The van der Waals surface area contributed by atoms with E-state index in [1.165, 1.54) is 16.7 Å². The Balaban J connectivity index is 1.68. The Morgan fingerprint density at radius 2 is 1.94 bits per heavy atom. The highest BCUT2D eigenvalue weighted by molar-refractivity contribution is 9.10. The van der Waals surface area contributed by atoms with Gasteiger partial charge in [-0.2, -0.15) is 0 Å². The van der Waals surface area contributed by atoms with Gasteiger partial charge >= 0.3 is 0 Å². The standard InChI is InChI=1S/C23H22BrNO4S2/c1-4-7-16-8-5-6-9-18(16)28-10-11-29-21-17(24)12-15(13-19(21)27-3)14-20-22(26)25(2)23(30)31-20/h4-6,8-9,12-14H,1,7,10-11H2,2-3H3. The van der Waals surface area contributed by atoms with Crippen molar-refractivity contribution in [2.24, 2.45) is 0 Å². The van der Waals surface area contributed by atoms with Gasteiger partial charge in [0.2, 0.25) is 0 Å². The first kappa shape index (κ1) is 23.4. The molecular formula is C23H22BrNO4S2. The van der Waals surface area contributed by atoms with Crippen LogP contribution < -0.4 is 14.2 Å². The van der Waals surface area contributed by atoms with Gasteiger partial charge in [0.1, 0.15) is 23.3 Å². The average molecular weight is 520 g/mol. The van der Waals surface area contributed by atoms with Gasteiger partial charge in [-0.15, -0.1) is 6.58 Å². The first-order valence-corrected chi connectivity index (χ1v) is 11.5. The van der Waals surface area contributed by atoms with Gasteiger partial charge in [0.15, 0.2) is 11.5 Å². The van der Waals surface area contributed by atoms with Crippen LogP contribution in [0.3, 0.4) is 0 Å². The Kier molecular flexibility index (Phi) is 8.17. The minimum absolute atomic E-state index is 0.112. The molecule has 0 aliphatic carbocycles. The number of para-hydroxylation sites is 1. The fraction of sp³-hybridized carbons (Fsp3) is 0.217. The summed E-state index contributed by atoms with van der Waals surface area (Å²) in [6.07, 6.45) is 4.38. The van der Waals surface area contributed by atoms with Crippen molar-refractivity contribution in [2.75, 3.05) is 27.4 Å². The van der Waals surface area contributed by atoms with Crippen LogP contribution in [0.15, 0.2) is 58.4 Å². The van der Waals surface area contributed by atoms with E-state index in [4.69, 9.17) is 26.4 Å². The highest BCUT2D eigenvalue weighted by atomic mass is 79.9. The normalized spacial score (nSPS) is 14.8. The Hall–Kier alpha value is -2.29. The van der Waals surface area contributed by atoms with E-state index in [0.717, 1.165) is 27.8 Å². The van der Waals surface area contributed by atoms with E-state index in [9.17, 15) is 4.79 Å². The summed E-state index contributed by atoms with van der Waals surface area (Å²) in [5.41, 5.74) is 1.89. The lowest BCUT2D eigenvalue weighted by Crippen LogP contribution is -2.22. The van der Waals surface area contributed by atoms with Crippen LogP contribution in [0.25, 0.3) is 6.08 Å². The Bertz CT molecular complexity index is 1040. The molecule has 1 fully saturated rings. The first-order valence-electron chi connectivity index (χ1n) is 9.48. The maximum absolute atomic E-state index is 12.2. The third-order valence-corrected chi connectivity index (χ3v) is 6.53. The van der Waals surface area contributed by atoms with Gasteiger partial charge in [-0.25, -0.2) is 0 Å². The number of halogens is 1. The highest BCUT2D eigenvalue weighted by Crippen LogP contribution is 2.39. The van der Waals surface area contributed by atoms with Crippen LogP contribution in [0, 0.1) is 0 Å². The van der Waals surface area contributed by atoms with Gasteiger partial charge in [0, 0.05) is 7.05 Å². The molecule has 0 unspecified atom stereocenters. The first-order chi connectivity index (χ1) is 14.9. The van der Waals surface area contributed by atoms with Crippen molar-refractivity contribution in [1.29, 1.82) is 0 Å². The van der Waals surface area contributed by atoms with Crippen LogP contribution >= 0.6 is 39.9 Å². The van der Waals surface area contributed by atoms with Gasteiger partial charge in [-0.3, -0.25) is 9.69 Å². The summed E-state index contributed by atoms with van der Waals surface area (Å²) < 4.78 is 18.6. The molecule has 5 nitrogen and oxygen atoms in total. The Morgan fingerprint density at radius 3 is 2.61 bits per heavy atom. The maximum atomic E-state index is 12.2. The van der Waals surface area contributed by atoms with Crippen molar-refractivity contribution < 1.29 is 19.0 Å². The summed E-state index contributed by atoms with van der Waals surface area (Å²) in [5.74, 6) is 1.84. The maximum Gasteiger partial charge on any atom is 0.265 e. The zero-order valence-corrected chi connectivity index (χ0v) is 20.4. The molecule has 3 rings (SSSR count). The zero-order valence-electron chi connectivity index (χ0n) is 17.2. The Morgan fingerprint density at radius 1 is 1.19 bits per heavy atom. The molecule has 0 bridgehead atoms. The van der Waals surface area contributed by atoms with E-state index < -0.39 is 0 Å². The minimum Gasteiger partial charge on any atom is -0.493 e. The lowest BCUT2D eigenvalue weighted by Gasteiger charge is -2.15. The van der Waals surface area contributed by atoms with Gasteiger partial charge < -0.3 is 14.2 Å². The molecule has 0 aromatic heterocycles. The number of hydrogen-bond donors (Lipinski definition) is 0. The molecule has 1 aliphatic heterocycles. The molecule has 1 saturated heterocycles. The second kappa shape index (κ2) is 10.8. The number of allylic oxidation sites excluding steroid dienone is 1. The third kappa shape index (κ3) is 5.70. The van der Waals surface area contributed by atoms with Crippen molar-refractivity contribution in [1.82, 2.24) is 4.90 Å². The highest BCUT2D eigenvalue weighted by Gasteiger charge is 2.28. The number of likely N-dealkylation sites (N-methyl/N-ethyl adjacent to an activating group) is 1. The molecule has 0 saturated carbocycles. The number of methoxy groups -OCH3 is 1. The van der Waals surface area contributed by atoms with Crippen molar-refractivity contribution in [3.63, 3.8) is 0 Å². The molecule has 1 aliphatic rings. The number of thiocarbonyl (C=S) groups is 1. The Labute approximate surface area is 200 Å². The van der Waals surface area contributed by atoms with E-state index in [2.05, 4.69) is 22.5 Å². The smallest absolute Gasteiger partial charge is 0.265 e. The number of amides is 1. The topological polar surface area (TPSA) is 48.0 Å². The van der Waals surface area contributed by atoms with Crippen LogP contribution in [-0.4, -0.2) is 42.5 Å². The second-order valence-corrected chi connectivity index (χ2v) is 9.10. The number of ether oxygens (including phenoxy) is 3. The quantitative estimate of drug-likeness (QED) is 0.189. The lowest BCUT2D eigenvalue weighted by molar-refractivity contribution is -0.121. The average Bonchev–Trinajstić information content (AvgIpc) is 2.99. The van der Waals surface area contributed by atoms with Crippen molar-refractivity contribution in [3.8, 4) is 17.2 Å². The molecule has 162 valence electrons. The van der Waals surface area contributed by atoms with Gasteiger partial charge in [-0.1, -0.05) is 48.3 Å². The molecule has 1 heterocycles. The van der Waals surface area contributed by atoms with Crippen molar-refractivity contribution >= 4 is 56.2 Å². The third-order valence-electron chi connectivity index (χ3n) is 4.46. The number of benzene rings is 2. The fourth-order valence-corrected chi connectivity index (χ4v) is 4.68. The number of carbonyl (C=O) groups is 1. The summed E-state index contributed by atoms with van der Waals surface area (Å²) in [6.45, 7) is 4.50. The monoisotopic (exact) mass is 519 g/mol. The van der Waals surface area contributed by atoms with Crippen molar-refractivity contribution in [2.45, 2.75) is 6.42 Å². The summed E-state index contributed by atoms with van der Waals surface area (Å²) in [6, 6.07) is 11.6. The molecule has 2 aromatic rings. The SMILES string of the molecule is C=CCc1ccccc1OCCOc1c(Br)cc(C=C2SC(=S)N(C)C2=O)cc1OC. The van der Waals surface area contributed by atoms with Crippen molar-refractivity contribution in [3.05, 3.63) is 69.6 Å². The number of nitrogens with zero attached hydrogens (tertiary/aromatic N) is 1. The zero-order chi connectivity index (χ0) is 22.4. The van der Waals surface area contributed by atoms with Crippen LogP contribution in [0.1, 0.15) is 11.1 Å². The molecule has 0 N–H and O–H groups in total. The predicted octanol–water partition coefficient (Wildman–Crippen LogP) is 5.48. The van der Waals surface area contributed by atoms with Gasteiger partial charge in [0.05, 0.1) is 16.5 Å². The minimum atomic E-state index is -0.112. The number of hydrogen-bond acceptors (Lipinski definition) is 6. The summed E-state index contributed by atoms with van der Waals surface area (Å²) in [7, 11) is 3.25. The molecule has 0 radical (unpaired) electrons. The summed E-state index contributed by atoms with van der Waals surface area (Å²) in [5, 5.41) is 0. The van der Waals surface area contributed by atoms with Crippen LogP contribution in [0.5, 0.6) is 17.2 Å². The van der Waals surface area contributed by atoms with Crippen LogP contribution in [0.4, 0.5) is 0 Å². The largest absolute Gasteiger partial charge is 0.493 e. The molecule has 2 aromatic carbocycles. The van der Waals surface area contributed by atoms with E-state index in [1.54, 1.807) is 20.2 Å². The number of thioether (sulfide) groups is 1. The van der Waals surface area contributed by atoms with Crippen LogP contribution in [0.2, 0.25) is 0 Å². The molecule has 8 heteroatoms. The van der Waals surface area contributed by atoms with E-state index in [0.29, 0.717) is 33.9 Å². The number of carbonyl (C=O) groups excluding carboxylic acids is 1. The predicted molar refractivity (Wildman–Crippen MR) is 133 cm³/mol. The fourth-order valence-electron chi connectivity index (χ4n) is 2.92. The number of rotatable bonds is 9. The van der Waals surface area contributed by atoms with E-state index >= 15 is 0 Å². The van der Waals surface area contributed by atoms with E-state index in [-0.39, 0.29) is 5.91 Å². The molecule has 1 amide bonds. The summed E-state index contributed by atoms with van der Waals surface area (Å²) in [4.78, 5) is 14.3. The van der Waals surface area contributed by atoms with Crippen LogP contribution in [-0.2, 0) is 11.2 Å². The van der Waals surface area contributed by atoms with E-state index in [1.807, 2.05) is 42.5 Å². The van der Waals surface area contributed by atoms with Gasteiger partial charge in [-0.05, 0) is 57.8 Å². The molecule has 0 spiro atoms. The summed E-state index contributed by atoms with van der Waals surface area (Å²) >= 11 is 10.0. The molecular weight excluding hydrogens is 498 g/mol. The second-order valence-electron chi connectivity index (χ2n) is 6.57.